The molecule has 2 aromatic rings. The Morgan fingerprint density at radius 1 is 1.50 bits per heavy atom. The normalized spacial score (nSPS) is 11.9. The molecule has 8 heteroatoms. The number of aromatic amines is 1. The van der Waals surface area contributed by atoms with Crippen molar-refractivity contribution in [2.24, 2.45) is 0 Å². The van der Waals surface area contributed by atoms with Gasteiger partial charge in [-0.15, -0.1) is 0 Å². The van der Waals surface area contributed by atoms with Crippen LogP contribution < -0.4 is 10.6 Å². The fourth-order valence-corrected chi connectivity index (χ4v) is 1.85. The Morgan fingerprint density at radius 2 is 2.30 bits per heavy atom. The molecule has 0 aromatic carbocycles. The molecule has 2 heterocycles. The highest BCUT2D eigenvalue weighted by molar-refractivity contribution is 6.33. The summed E-state index contributed by atoms with van der Waals surface area (Å²) >= 11 is 6.01. The molecule has 1 unspecified atom stereocenters. The van der Waals surface area contributed by atoms with E-state index in [0.717, 1.165) is 0 Å². The van der Waals surface area contributed by atoms with Gasteiger partial charge in [-0.3, -0.25) is 9.89 Å². The number of amides is 1. The zero-order valence-corrected chi connectivity index (χ0v) is 11.9. The first kappa shape index (κ1) is 14.3. The maximum atomic E-state index is 12.2. The molecular weight excluding hydrogens is 280 g/mol. The molecule has 0 aliphatic rings. The van der Waals surface area contributed by atoms with Crippen molar-refractivity contribution in [2.75, 3.05) is 11.9 Å². The van der Waals surface area contributed by atoms with Crippen molar-refractivity contribution in [2.45, 2.75) is 19.9 Å². The molecule has 0 saturated heterocycles. The molecule has 0 fully saturated rings. The molecule has 20 heavy (non-hydrogen) atoms. The lowest BCUT2D eigenvalue weighted by atomic mass is 10.2. The Hall–Kier alpha value is -2.15. The number of H-pyrrole nitrogens is 1. The number of anilines is 1. The van der Waals surface area contributed by atoms with E-state index in [9.17, 15) is 4.79 Å². The minimum Gasteiger partial charge on any atom is -0.370 e. The fraction of sp³-hybridized carbons (Fsp3) is 0.333. The Bertz CT molecular complexity index is 586. The van der Waals surface area contributed by atoms with Crippen molar-refractivity contribution in [1.82, 2.24) is 25.5 Å². The minimum absolute atomic E-state index is 0.291. The van der Waals surface area contributed by atoms with Gasteiger partial charge in [0.25, 0.3) is 5.91 Å². The van der Waals surface area contributed by atoms with E-state index in [0.29, 0.717) is 28.8 Å². The average molecular weight is 295 g/mol. The number of halogens is 1. The molecule has 0 spiro atoms. The number of carbonyl (C=O) groups is 1. The number of pyridine rings is 1. The molecule has 0 bridgehead atoms. The van der Waals surface area contributed by atoms with Crippen molar-refractivity contribution in [3.8, 4) is 0 Å². The molecule has 106 valence electrons. The van der Waals surface area contributed by atoms with Gasteiger partial charge >= 0.3 is 0 Å². The van der Waals surface area contributed by atoms with Crippen LogP contribution >= 0.6 is 11.6 Å². The summed E-state index contributed by atoms with van der Waals surface area (Å²) in [6.45, 7) is 4.46. The van der Waals surface area contributed by atoms with Gasteiger partial charge in [0.15, 0.2) is 0 Å². The smallest absolute Gasteiger partial charge is 0.253 e. The molecule has 0 aliphatic carbocycles. The molecule has 7 nitrogen and oxygen atoms in total. The van der Waals surface area contributed by atoms with E-state index < -0.39 is 0 Å². The van der Waals surface area contributed by atoms with Crippen LogP contribution in [0.5, 0.6) is 0 Å². The summed E-state index contributed by atoms with van der Waals surface area (Å²) in [6.07, 6.45) is 2.84. The van der Waals surface area contributed by atoms with Crippen LogP contribution in [0, 0.1) is 0 Å². The lowest BCUT2D eigenvalue weighted by molar-refractivity contribution is 0.0938. The van der Waals surface area contributed by atoms with E-state index >= 15 is 0 Å². The number of nitrogens with one attached hydrogen (secondary N) is 3. The first-order chi connectivity index (χ1) is 9.61. The predicted octanol–water partition coefficient (Wildman–Crippen LogP) is 1.78. The van der Waals surface area contributed by atoms with Crippen LogP contribution in [0.2, 0.25) is 5.02 Å². The van der Waals surface area contributed by atoms with Crippen molar-refractivity contribution >= 4 is 23.3 Å². The van der Waals surface area contributed by atoms with Crippen LogP contribution in [-0.4, -0.2) is 32.6 Å². The number of rotatable bonds is 5. The number of hydrogen-bond acceptors (Lipinski definition) is 5. The SMILES string of the molecule is CCNc1cc(C(=O)NC(C)c2ncn[nH]2)c(Cl)cn1. The second-order valence-electron chi connectivity index (χ2n) is 4.15. The van der Waals surface area contributed by atoms with Gasteiger partial charge in [0.05, 0.1) is 16.6 Å². The third-order valence-corrected chi connectivity index (χ3v) is 2.95. The number of carbonyl (C=O) groups excluding carboxylic acids is 1. The molecule has 2 rings (SSSR count). The van der Waals surface area contributed by atoms with E-state index in [-0.39, 0.29) is 11.9 Å². The summed E-state index contributed by atoms with van der Waals surface area (Å²) in [5, 5.41) is 12.6. The summed E-state index contributed by atoms with van der Waals surface area (Å²) in [4.78, 5) is 20.3. The van der Waals surface area contributed by atoms with Gasteiger partial charge in [-0.1, -0.05) is 11.6 Å². The second-order valence-corrected chi connectivity index (χ2v) is 4.55. The molecule has 1 atom stereocenters. The third kappa shape index (κ3) is 3.24. The minimum atomic E-state index is -0.295. The molecule has 2 aromatic heterocycles. The maximum absolute atomic E-state index is 12.2. The van der Waals surface area contributed by atoms with E-state index in [1.165, 1.54) is 12.5 Å². The Morgan fingerprint density at radius 3 is 2.95 bits per heavy atom. The highest BCUT2D eigenvalue weighted by atomic mass is 35.5. The van der Waals surface area contributed by atoms with E-state index in [2.05, 4.69) is 30.8 Å². The molecule has 0 radical (unpaired) electrons. The van der Waals surface area contributed by atoms with E-state index in [1.807, 2.05) is 6.92 Å². The first-order valence-corrected chi connectivity index (χ1v) is 6.55. The topological polar surface area (TPSA) is 95.6 Å². The van der Waals surface area contributed by atoms with Crippen LogP contribution in [-0.2, 0) is 0 Å². The predicted molar refractivity (Wildman–Crippen MR) is 75.7 cm³/mol. The zero-order valence-electron chi connectivity index (χ0n) is 11.1. The standard InChI is InChI=1S/C12H15ClN6O/c1-3-14-10-4-8(9(13)5-15-10)12(20)18-7(2)11-16-6-17-19-11/h4-7H,3H2,1-2H3,(H,14,15)(H,18,20)(H,16,17,19). The van der Waals surface area contributed by atoms with Crippen LogP contribution in [0.4, 0.5) is 5.82 Å². The van der Waals surface area contributed by atoms with Gasteiger partial charge < -0.3 is 10.6 Å². The first-order valence-electron chi connectivity index (χ1n) is 6.17. The Labute approximate surface area is 121 Å². The Balaban J connectivity index is 2.14. The van der Waals surface area contributed by atoms with Crippen LogP contribution in [0.15, 0.2) is 18.6 Å². The molecular formula is C12H15ClN6O. The highest BCUT2D eigenvalue weighted by Gasteiger charge is 2.16. The quantitative estimate of drug-likeness (QED) is 0.781. The highest BCUT2D eigenvalue weighted by Crippen LogP contribution is 2.19. The monoisotopic (exact) mass is 294 g/mol. The summed E-state index contributed by atoms with van der Waals surface area (Å²) in [5.41, 5.74) is 0.365. The second kappa shape index (κ2) is 6.33. The van der Waals surface area contributed by atoms with Gasteiger partial charge in [0.2, 0.25) is 0 Å². The van der Waals surface area contributed by atoms with Crippen molar-refractivity contribution in [3.63, 3.8) is 0 Å². The molecule has 3 N–H and O–H groups in total. The molecule has 0 aliphatic heterocycles. The van der Waals surface area contributed by atoms with Gasteiger partial charge in [0, 0.05) is 12.7 Å². The summed E-state index contributed by atoms with van der Waals surface area (Å²) in [6, 6.07) is 1.32. The van der Waals surface area contributed by atoms with Gasteiger partial charge in [-0.25, -0.2) is 9.97 Å². The Kier molecular flexibility index (Phi) is 4.52. The van der Waals surface area contributed by atoms with Crippen molar-refractivity contribution < 1.29 is 4.79 Å². The maximum Gasteiger partial charge on any atom is 0.253 e. The molecule has 1 amide bonds. The summed E-state index contributed by atoms with van der Waals surface area (Å²) in [7, 11) is 0. The molecule has 0 saturated carbocycles. The van der Waals surface area contributed by atoms with E-state index in [4.69, 9.17) is 11.6 Å². The number of hydrogen-bond donors (Lipinski definition) is 3. The van der Waals surface area contributed by atoms with Gasteiger partial charge in [0.1, 0.15) is 18.0 Å². The van der Waals surface area contributed by atoms with E-state index in [1.54, 1.807) is 13.0 Å². The number of nitrogens with zero attached hydrogens (tertiary/aromatic N) is 3. The van der Waals surface area contributed by atoms with Crippen LogP contribution in [0.1, 0.15) is 36.1 Å². The van der Waals surface area contributed by atoms with Crippen LogP contribution in [0.3, 0.4) is 0 Å². The largest absolute Gasteiger partial charge is 0.370 e. The lowest BCUT2D eigenvalue weighted by Gasteiger charge is -2.12. The lowest BCUT2D eigenvalue weighted by Crippen LogP contribution is -2.27. The number of aromatic nitrogens is 4. The van der Waals surface area contributed by atoms with Crippen molar-refractivity contribution in [1.29, 1.82) is 0 Å². The van der Waals surface area contributed by atoms with Gasteiger partial charge in [-0.05, 0) is 19.9 Å². The average Bonchev–Trinajstić information content (AvgIpc) is 2.95. The zero-order chi connectivity index (χ0) is 14.5. The van der Waals surface area contributed by atoms with Gasteiger partial charge in [-0.2, -0.15) is 5.10 Å². The third-order valence-electron chi connectivity index (χ3n) is 2.65. The van der Waals surface area contributed by atoms with Crippen molar-refractivity contribution in [3.05, 3.63) is 35.0 Å². The fourth-order valence-electron chi connectivity index (χ4n) is 1.66. The summed E-state index contributed by atoms with van der Waals surface area (Å²) < 4.78 is 0. The summed E-state index contributed by atoms with van der Waals surface area (Å²) in [5.74, 6) is 0.894. The van der Waals surface area contributed by atoms with Crippen LogP contribution in [0.25, 0.3) is 0 Å².